The predicted molar refractivity (Wildman–Crippen MR) is 82.2 cm³/mol. The average Bonchev–Trinajstić information content (AvgIpc) is 2.80. The van der Waals surface area contributed by atoms with E-state index in [0.29, 0.717) is 5.41 Å². The quantitative estimate of drug-likeness (QED) is 0.861. The smallest absolute Gasteiger partial charge is 0.0795 e. The van der Waals surface area contributed by atoms with E-state index in [1.54, 1.807) is 11.3 Å². The third-order valence-electron chi connectivity index (χ3n) is 4.84. The van der Waals surface area contributed by atoms with Crippen LogP contribution in [0.2, 0.25) is 0 Å². The van der Waals surface area contributed by atoms with Crippen molar-refractivity contribution in [3.63, 3.8) is 0 Å². The normalized spacial score (nSPS) is 27.4. The molecule has 1 aromatic heterocycles. The van der Waals surface area contributed by atoms with Crippen LogP contribution in [0.15, 0.2) is 10.9 Å². The summed E-state index contributed by atoms with van der Waals surface area (Å²) in [7, 11) is 2.21. The van der Waals surface area contributed by atoms with E-state index in [9.17, 15) is 0 Å². The van der Waals surface area contributed by atoms with Crippen LogP contribution in [-0.4, -0.2) is 29.0 Å². The molecule has 0 aromatic carbocycles. The van der Waals surface area contributed by atoms with Crippen LogP contribution in [0.1, 0.15) is 51.6 Å². The molecule has 2 rings (SSSR count). The van der Waals surface area contributed by atoms with Gasteiger partial charge in [0.25, 0.3) is 0 Å². The highest BCUT2D eigenvalue weighted by molar-refractivity contribution is 7.07. The van der Waals surface area contributed by atoms with E-state index in [0.717, 1.165) is 13.1 Å². The van der Waals surface area contributed by atoms with Crippen LogP contribution in [-0.2, 0) is 6.54 Å². The summed E-state index contributed by atoms with van der Waals surface area (Å²) in [5.41, 5.74) is 9.88. The molecule has 2 N–H and O–H groups in total. The van der Waals surface area contributed by atoms with E-state index in [4.69, 9.17) is 5.73 Å². The first-order valence-electron chi connectivity index (χ1n) is 7.26. The molecule has 3 nitrogen and oxygen atoms in total. The van der Waals surface area contributed by atoms with Gasteiger partial charge >= 0.3 is 0 Å². The van der Waals surface area contributed by atoms with Crippen molar-refractivity contribution in [1.29, 1.82) is 0 Å². The van der Waals surface area contributed by atoms with Crippen molar-refractivity contribution in [1.82, 2.24) is 9.88 Å². The van der Waals surface area contributed by atoms with Gasteiger partial charge in [0.15, 0.2) is 0 Å². The number of rotatable bonds is 4. The molecule has 0 amide bonds. The van der Waals surface area contributed by atoms with Gasteiger partial charge in [0.05, 0.1) is 11.2 Å². The fourth-order valence-corrected chi connectivity index (χ4v) is 3.73. The van der Waals surface area contributed by atoms with Crippen molar-refractivity contribution in [2.45, 2.75) is 58.0 Å². The fraction of sp³-hybridized carbons (Fsp3) is 0.800. The number of likely N-dealkylation sites (N-methyl/N-ethyl adjacent to an activating group) is 1. The lowest BCUT2D eigenvalue weighted by atomic mass is 9.83. The van der Waals surface area contributed by atoms with Crippen molar-refractivity contribution < 1.29 is 0 Å². The number of thiazole rings is 1. The fourth-order valence-electron chi connectivity index (χ4n) is 3.19. The first-order chi connectivity index (χ1) is 8.97. The van der Waals surface area contributed by atoms with E-state index in [-0.39, 0.29) is 5.54 Å². The Balaban J connectivity index is 2.08. The third-order valence-corrected chi connectivity index (χ3v) is 5.47. The second-order valence-electron chi connectivity index (χ2n) is 6.78. The van der Waals surface area contributed by atoms with Gasteiger partial charge in [-0.3, -0.25) is 4.90 Å². The number of aromatic nitrogens is 1. The zero-order valence-electron chi connectivity index (χ0n) is 12.5. The predicted octanol–water partition coefficient (Wildman–Crippen LogP) is 3.26. The minimum Gasteiger partial charge on any atom is -0.329 e. The number of hydrogen-bond donors (Lipinski definition) is 1. The van der Waals surface area contributed by atoms with Crippen LogP contribution in [0.3, 0.4) is 0 Å². The molecule has 1 atom stereocenters. The van der Waals surface area contributed by atoms with Gasteiger partial charge in [-0.1, -0.05) is 20.3 Å². The molecule has 1 unspecified atom stereocenters. The van der Waals surface area contributed by atoms with Gasteiger partial charge in [0.1, 0.15) is 0 Å². The Labute approximate surface area is 121 Å². The third kappa shape index (κ3) is 3.56. The molecule has 0 spiro atoms. The van der Waals surface area contributed by atoms with Crippen molar-refractivity contribution >= 4 is 11.3 Å². The van der Waals surface area contributed by atoms with Crippen LogP contribution in [0.5, 0.6) is 0 Å². The maximum Gasteiger partial charge on any atom is 0.0795 e. The second-order valence-corrected chi connectivity index (χ2v) is 7.50. The summed E-state index contributed by atoms with van der Waals surface area (Å²) in [4.78, 5) is 6.85. The van der Waals surface area contributed by atoms with Crippen LogP contribution in [0.25, 0.3) is 0 Å². The van der Waals surface area contributed by atoms with Gasteiger partial charge in [0, 0.05) is 24.0 Å². The largest absolute Gasteiger partial charge is 0.329 e. The average molecular weight is 281 g/mol. The first-order valence-corrected chi connectivity index (χ1v) is 8.20. The highest BCUT2D eigenvalue weighted by Crippen LogP contribution is 2.40. The van der Waals surface area contributed by atoms with Gasteiger partial charge in [-0.2, -0.15) is 0 Å². The Kier molecular flexibility index (Phi) is 4.64. The first kappa shape index (κ1) is 14.9. The Bertz CT molecular complexity index is 388. The second kappa shape index (κ2) is 5.90. The van der Waals surface area contributed by atoms with Gasteiger partial charge in [0.2, 0.25) is 0 Å². The molecule has 108 valence electrons. The van der Waals surface area contributed by atoms with Crippen molar-refractivity contribution in [2.75, 3.05) is 13.6 Å². The molecule has 1 fully saturated rings. The Hall–Kier alpha value is -0.450. The Morgan fingerprint density at radius 1 is 1.32 bits per heavy atom. The van der Waals surface area contributed by atoms with E-state index in [1.807, 2.05) is 5.51 Å². The molecule has 4 heteroatoms. The highest BCUT2D eigenvalue weighted by Gasteiger charge is 2.37. The molecule has 1 aromatic rings. The van der Waals surface area contributed by atoms with Gasteiger partial charge in [-0.05, 0) is 38.1 Å². The summed E-state index contributed by atoms with van der Waals surface area (Å²) < 4.78 is 0. The summed E-state index contributed by atoms with van der Waals surface area (Å²) in [6.45, 7) is 6.45. The summed E-state index contributed by atoms with van der Waals surface area (Å²) in [5.74, 6) is 0. The van der Waals surface area contributed by atoms with E-state index >= 15 is 0 Å². The Morgan fingerprint density at radius 3 is 2.74 bits per heavy atom. The lowest BCUT2D eigenvalue weighted by Crippen LogP contribution is -2.51. The summed E-state index contributed by atoms with van der Waals surface area (Å²) in [6, 6.07) is 0. The molecule has 0 bridgehead atoms. The topological polar surface area (TPSA) is 42.2 Å². The minimum absolute atomic E-state index is 0.164. The highest BCUT2D eigenvalue weighted by atomic mass is 32.1. The lowest BCUT2D eigenvalue weighted by molar-refractivity contribution is 0.0951. The zero-order valence-corrected chi connectivity index (χ0v) is 13.3. The minimum atomic E-state index is 0.164. The maximum atomic E-state index is 6.17. The van der Waals surface area contributed by atoms with Gasteiger partial charge in [-0.25, -0.2) is 4.98 Å². The lowest BCUT2D eigenvalue weighted by Gasteiger charge is -2.41. The molecule has 0 saturated heterocycles. The summed E-state index contributed by atoms with van der Waals surface area (Å²) >= 11 is 1.67. The van der Waals surface area contributed by atoms with Crippen LogP contribution in [0, 0.1) is 5.41 Å². The zero-order chi connectivity index (χ0) is 13.9. The number of hydrogen-bond acceptors (Lipinski definition) is 4. The van der Waals surface area contributed by atoms with Crippen LogP contribution in [0.4, 0.5) is 0 Å². The van der Waals surface area contributed by atoms with Crippen LogP contribution >= 0.6 is 11.3 Å². The molecule has 1 saturated carbocycles. The van der Waals surface area contributed by atoms with E-state index in [2.05, 4.69) is 36.2 Å². The van der Waals surface area contributed by atoms with Crippen LogP contribution < -0.4 is 5.73 Å². The molecule has 0 radical (unpaired) electrons. The molecular weight excluding hydrogens is 254 g/mol. The molecule has 1 heterocycles. The molecule has 0 aliphatic heterocycles. The van der Waals surface area contributed by atoms with Crippen molar-refractivity contribution in [3.05, 3.63) is 16.6 Å². The number of nitrogens with two attached hydrogens (primary N) is 1. The summed E-state index contributed by atoms with van der Waals surface area (Å²) in [6.07, 6.45) is 6.29. The standard InChI is InChI=1S/C15H27N3S/c1-14(2)5-4-6-15(11-16,8-7-14)18(3)9-13-10-19-12-17-13/h10,12H,4-9,11,16H2,1-3H3. The van der Waals surface area contributed by atoms with Crippen molar-refractivity contribution in [2.24, 2.45) is 11.1 Å². The molecular formula is C15H27N3S. The SMILES string of the molecule is CN(Cc1cscn1)C1(CN)CCCC(C)(C)CC1. The molecule has 1 aliphatic carbocycles. The summed E-state index contributed by atoms with van der Waals surface area (Å²) in [5, 5.41) is 2.14. The Morgan fingerprint density at radius 2 is 2.11 bits per heavy atom. The van der Waals surface area contributed by atoms with E-state index < -0.39 is 0 Å². The van der Waals surface area contributed by atoms with Gasteiger partial charge in [-0.15, -0.1) is 11.3 Å². The molecule has 1 aliphatic rings. The maximum absolute atomic E-state index is 6.17. The number of nitrogens with zero attached hydrogens (tertiary/aromatic N) is 2. The monoisotopic (exact) mass is 281 g/mol. The van der Waals surface area contributed by atoms with Gasteiger partial charge < -0.3 is 5.73 Å². The molecule has 19 heavy (non-hydrogen) atoms. The van der Waals surface area contributed by atoms with E-state index in [1.165, 1.54) is 37.8 Å². The van der Waals surface area contributed by atoms with Crippen molar-refractivity contribution in [3.8, 4) is 0 Å².